The van der Waals surface area contributed by atoms with Crippen LogP contribution in [0, 0.1) is 13.8 Å². The lowest BCUT2D eigenvalue weighted by Crippen LogP contribution is -2.02. The van der Waals surface area contributed by atoms with Crippen LogP contribution < -0.4 is 0 Å². The summed E-state index contributed by atoms with van der Waals surface area (Å²) in [6.45, 7) is 6.23. The second kappa shape index (κ2) is 6.30. The Labute approximate surface area is 140 Å². The zero-order valence-corrected chi connectivity index (χ0v) is 14.4. The van der Waals surface area contributed by atoms with Crippen molar-refractivity contribution in [3.05, 3.63) is 51.9 Å². The van der Waals surface area contributed by atoms with Gasteiger partial charge in [0.2, 0.25) is 0 Å². The molecule has 0 radical (unpaired) electrons. The highest BCUT2D eigenvalue weighted by atomic mass is 35.5. The van der Waals surface area contributed by atoms with E-state index in [1.54, 1.807) is 0 Å². The molecule has 3 aromatic rings. The monoisotopic (exact) mass is 329 g/mol. The topological polar surface area (TPSA) is 50.9 Å². The Kier molecular flexibility index (Phi) is 4.37. The van der Waals surface area contributed by atoms with Crippen molar-refractivity contribution in [1.29, 1.82) is 0 Å². The molecular formula is C18H20ClN3O. The Morgan fingerprint density at radius 3 is 2.61 bits per heavy atom. The molecule has 0 aliphatic carbocycles. The number of hydrogen-bond acceptors (Lipinski definition) is 3. The van der Waals surface area contributed by atoms with Crippen LogP contribution in [0.1, 0.15) is 29.6 Å². The lowest BCUT2D eigenvalue weighted by molar-refractivity contribution is 0.299. The number of hydrogen-bond donors (Lipinski definition) is 1. The number of aliphatic hydroxyl groups excluding tert-OH is 1. The van der Waals surface area contributed by atoms with Crippen molar-refractivity contribution in [3.63, 3.8) is 0 Å². The van der Waals surface area contributed by atoms with E-state index in [1.807, 2.05) is 25.1 Å². The van der Waals surface area contributed by atoms with Gasteiger partial charge in [-0.3, -0.25) is 4.57 Å². The fourth-order valence-corrected chi connectivity index (χ4v) is 3.18. The molecule has 0 atom stereocenters. The average Bonchev–Trinajstić information content (AvgIpc) is 2.88. The number of aromatic nitrogens is 3. The van der Waals surface area contributed by atoms with Crippen molar-refractivity contribution in [3.8, 4) is 5.69 Å². The minimum atomic E-state index is 0.0905. The Morgan fingerprint density at radius 1 is 1.17 bits per heavy atom. The first-order valence-corrected chi connectivity index (χ1v) is 8.18. The van der Waals surface area contributed by atoms with Gasteiger partial charge < -0.3 is 5.11 Å². The first-order chi connectivity index (χ1) is 11.0. The summed E-state index contributed by atoms with van der Waals surface area (Å²) < 4.78 is 2.07. The van der Waals surface area contributed by atoms with Gasteiger partial charge >= 0.3 is 0 Å². The van der Waals surface area contributed by atoms with E-state index < -0.39 is 0 Å². The van der Waals surface area contributed by atoms with Crippen LogP contribution in [0.2, 0.25) is 5.02 Å². The molecule has 0 unspecified atom stereocenters. The summed E-state index contributed by atoms with van der Waals surface area (Å²) in [5.74, 6) is 0.965. The summed E-state index contributed by atoms with van der Waals surface area (Å²) in [5.41, 5.74) is 5.80. The Balaban J connectivity index is 2.24. The minimum Gasteiger partial charge on any atom is -0.396 e. The van der Waals surface area contributed by atoms with Gasteiger partial charge in [0.25, 0.3) is 0 Å². The zero-order valence-electron chi connectivity index (χ0n) is 13.6. The lowest BCUT2D eigenvalue weighted by atomic mass is 10.1. The summed E-state index contributed by atoms with van der Waals surface area (Å²) in [6, 6.07) is 7.95. The maximum Gasteiger partial charge on any atom is 0.165 e. The maximum absolute atomic E-state index is 9.10. The van der Waals surface area contributed by atoms with E-state index in [0.717, 1.165) is 45.9 Å². The lowest BCUT2D eigenvalue weighted by Gasteiger charge is -2.11. The number of benzene rings is 1. The third-order valence-electron chi connectivity index (χ3n) is 4.00. The molecular weight excluding hydrogens is 310 g/mol. The standard InChI is InChI=1S/C18H20ClN3O/c1-4-16-21-17-11(2)9-12(3)20-18(17)22(16)14-6-5-13(7-8-23)15(19)10-14/h5-6,9-10,23H,4,7-8H2,1-3H3. The first kappa shape index (κ1) is 16.0. The van der Waals surface area contributed by atoms with Crippen LogP contribution in [-0.4, -0.2) is 26.2 Å². The normalized spacial score (nSPS) is 11.3. The summed E-state index contributed by atoms with van der Waals surface area (Å²) >= 11 is 6.37. The molecule has 0 spiro atoms. The second-order valence-electron chi connectivity index (χ2n) is 5.72. The van der Waals surface area contributed by atoms with Crippen LogP contribution in [0.15, 0.2) is 24.3 Å². The van der Waals surface area contributed by atoms with Gasteiger partial charge in [0.1, 0.15) is 11.3 Å². The van der Waals surface area contributed by atoms with Crippen LogP contribution in [0.5, 0.6) is 0 Å². The number of imidazole rings is 1. The first-order valence-electron chi connectivity index (χ1n) is 7.80. The number of halogens is 1. The minimum absolute atomic E-state index is 0.0905. The molecule has 1 N–H and O–H groups in total. The van der Waals surface area contributed by atoms with Crippen molar-refractivity contribution in [2.45, 2.75) is 33.6 Å². The molecule has 0 aliphatic rings. The van der Waals surface area contributed by atoms with Crippen LogP contribution in [0.25, 0.3) is 16.9 Å². The molecule has 2 aromatic heterocycles. The smallest absolute Gasteiger partial charge is 0.165 e. The third-order valence-corrected chi connectivity index (χ3v) is 4.35. The van der Waals surface area contributed by atoms with Gasteiger partial charge in [-0.05, 0) is 49.6 Å². The van der Waals surface area contributed by atoms with Crippen LogP contribution in [0.3, 0.4) is 0 Å². The van der Waals surface area contributed by atoms with E-state index >= 15 is 0 Å². The second-order valence-corrected chi connectivity index (χ2v) is 6.13. The molecule has 0 aliphatic heterocycles. The van der Waals surface area contributed by atoms with E-state index in [-0.39, 0.29) is 6.61 Å². The molecule has 23 heavy (non-hydrogen) atoms. The molecule has 0 saturated carbocycles. The third kappa shape index (κ3) is 2.84. The molecule has 0 saturated heterocycles. The molecule has 3 rings (SSSR count). The fraction of sp³-hybridized carbons (Fsp3) is 0.333. The number of aryl methyl sites for hydroxylation is 3. The van der Waals surface area contributed by atoms with E-state index in [2.05, 4.69) is 29.5 Å². The van der Waals surface area contributed by atoms with Crippen molar-refractivity contribution in [2.75, 3.05) is 6.61 Å². The van der Waals surface area contributed by atoms with E-state index in [9.17, 15) is 0 Å². The summed E-state index contributed by atoms with van der Waals surface area (Å²) in [6.07, 6.45) is 1.37. The summed E-state index contributed by atoms with van der Waals surface area (Å²) in [7, 11) is 0. The number of aliphatic hydroxyl groups is 1. The highest BCUT2D eigenvalue weighted by Crippen LogP contribution is 2.27. The molecule has 2 heterocycles. The Morgan fingerprint density at radius 2 is 1.96 bits per heavy atom. The van der Waals surface area contributed by atoms with Gasteiger partial charge in [0.05, 0.1) is 5.69 Å². The SMILES string of the molecule is CCc1nc2c(C)cc(C)nc2n1-c1ccc(CCO)c(Cl)c1. The molecule has 4 nitrogen and oxygen atoms in total. The van der Waals surface area contributed by atoms with Crippen molar-refractivity contribution in [1.82, 2.24) is 14.5 Å². The Hall–Kier alpha value is -1.91. The predicted octanol–water partition coefficient (Wildman–Crippen LogP) is 3.79. The highest BCUT2D eigenvalue weighted by molar-refractivity contribution is 6.31. The van der Waals surface area contributed by atoms with Gasteiger partial charge in [-0.15, -0.1) is 0 Å². The van der Waals surface area contributed by atoms with Crippen molar-refractivity contribution in [2.24, 2.45) is 0 Å². The van der Waals surface area contributed by atoms with Crippen molar-refractivity contribution < 1.29 is 5.11 Å². The molecule has 1 aromatic carbocycles. The van der Waals surface area contributed by atoms with Crippen molar-refractivity contribution >= 4 is 22.8 Å². The van der Waals surface area contributed by atoms with Gasteiger partial charge in [-0.2, -0.15) is 0 Å². The van der Waals surface area contributed by atoms with Gasteiger partial charge in [0, 0.05) is 23.7 Å². The van der Waals surface area contributed by atoms with Gasteiger partial charge in [-0.25, -0.2) is 9.97 Å². The average molecular weight is 330 g/mol. The van der Waals surface area contributed by atoms with Crippen LogP contribution >= 0.6 is 11.6 Å². The van der Waals surface area contributed by atoms with E-state index in [0.29, 0.717) is 11.4 Å². The van der Waals surface area contributed by atoms with Gasteiger partial charge in [0.15, 0.2) is 5.65 Å². The number of nitrogens with zero attached hydrogens (tertiary/aromatic N) is 3. The Bertz CT molecular complexity index is 870. The predicted molar refractivity (Wildman–Crippen MR) is 93.5 cm³/mol. The molecule has 5 heteroatoms. The zero-order chi connectivity index (χ0) is 16.6. The molecule has 120 valence electrons. The van der Waals surface area contributed by atoms with Crippen LogP contribution in [-0.2, 0) is 12.8 Å². The quantitative estimate of drug-likeness (QED) is 0.792. The fourth-order valence-electron chi connectivity index (χ4n) is 2.91. The van der Waals surface area contributed by atoms with E-state index in [4.69, 9.17) is 21.7 Å². The number of fused-ring (bicyclic) bond motifs is 1. The summed E-state index contributed by atoms with van der Waals surface area (Å²) in [5, 5.41) is 9.76. The van der Waals surface area contributed by atoms with Crippen LogP contribution in [0.4, 0.5) is 0 Å². The van der Waals surface area contributed by atoms with E-state index in [1.165, 1.54) is 0 Å². The highest BCUT2D eigenvalue weighted by Gasteiger charge is 2.15. The summed E-state index contributed by atoms with van der Waals surface area (Å²) in [4.78, 5) is 9.44. The molecule has 0 bridgehead atoms. The maximum atomic E-state index is 9.10. The van der Waals surface area contributed by atoms with Gasteiger partial charge in [-0.1, -0.05) is 24.6 Å². The molecule has 0 fully saturated rings. The number of pyridine rings is 1. The number of rotatable bonds is 4. The molecule has 0 amide bonds. The largest absolute Gasteiger partial charge is 0.396 e.